The lowest BCUT2D eigenvalue weighted by Gasteiger charge is -2.22. The minimum absolute atomic E-state index is 0. The highest BCUT2D eigenvalue weighted by molar-refractivity contribution is 9.10. The summed E-state index contributed by atoms with van der Waals surface area (Å²) >= 11 is 3.02. The molecule has 0 aliphatic carbocycles. The zero-order valence-corrected chi connectivity index (χ0v) is 14.6. The number of nitrogens with two attached hydrogens (primary N) is 1. The molecule has 0 spiro atoms. The van der Waals surface area contributed by atoms with E-state index in [1.54, 1.807) is 0 Å². The van der Waals surface area contributed by atoms with E-state index in [1.807, 2.05) is 13.8 Å². The van der Waals surface area contributed by atoms with E-state index in [0.29, 0.717) is 5.56 Å². The zero-order chi connectivity index (χ0) is 14.8. The van der Waals surface area contributed by atoms with Crippen molar-refractivity contribution in [1.29, 1.82) is 0 Å². The van der Waals surface area contributed by atoms with Gasteiger partial charge < -0.3 is 16.2 Å². The first kappa shape index (κ1) is 23.1. The number of nitrogen functional groups attached to an aromatic ring is 1. The fourth-order valence-electron chi connectivity index (χ4n) is 1.73. The van der Waals surface area contributed by atoms with Gasteiger partial charge in [0.15, 0.2) is 0 Å². The lowest BCUT2D eigenvalue weighted by atomic mass is 10.0. The maximum absolute atomic E-state index is 12.9. The van der Waals surface area contributed by atoms with Crippen LogP contribution in [-0.2, 0) is 6.18 Å². The molecule has 0 fully saturated rings. The SMILES string of the molecule is CC(C)NC(CO)c1cc(Br)c(N)c(C(F)(F)F)c1.Cl.Cl. The fraction of sp³-hybridized carbons (Fsp3) is 0.500. The molecule has 1 unspecified atom stereocenters. The van der Waals surface area contributed by atoms with Gasteiger partial charge in [0.1, 0.15) is 0 Å². The molecule has 1 atom stereocenters. The second-order valence-electron chi connectivity index (χ2n) is 4.52. The van der Waals surface area contributed by atoms with Gasteiger partial charge in [0.25, 0.3) is 0 Å². The lowest BCUT2D eigenvalue weighted by Crippen LogP contribution is -2.30. The van der Waals surface area contributed by atoms with Gasteiger partial charge in [0.2, 0.25) is 0 Å². The number of anilines is 1. The molecule has 1 aromatic rings. The van der Waals surface area contributed by atoms with Crippen LogP contribution in [-0.4, -0.2) is 17.8 Å². The average molecular weight is 414 g/mol. The summed E-state index contributed by atoms with van der Waals surface area (Å²) in [5.74, 6) is 0. The van der Waals surface area contributed by atoms with Crippen LogP contribution in [0, 0.1) is 0 Å². The summed E-state index contributed by atoms with van der Waals surface area (Å²) in [6.45, 7) is 3.39. The highest BCUT2D eigenvalue weighted by atomic mass is 79.9. The number of aliphatic hydroxyl groups is 1. The molecule has 9 heteroatoms. The molecule has 0 aliphatic heterocycles. The van der Waals surface area contributed by atoms with Crippen molar-refractivity contribution >= 4 is 46.4 Å². The first-order valence-corrected chi connectivity index (χ1v) is 6.49. The number of rotatable bonds is 4. The Labute approximate surface area is 142 Å². The first-order valence-electron chi connectivity index (χ1n) is 5.69. The Hall–Kier alpha value is -0.210. The molecule has 0 aliphatic rings. The Morgan fingerprint density at radius 1 is 1.29 bits per heavy atom. The van der Waals surface area contributed by atoms with Crippen LogP contribution in [0.4, 0.5) is 18.9 Å². The molecule has 0 heterocycles. The number of hydrogen-bond acceptors (Lipinski definition) is 3. The standard InChI is InChI=1S/C12H16BrF3N2O.2ClH/c1-6(2)18-10(5-19)7-3-8(12(14,15)16)11(17)9(13)4-7;;/h3-4,6,10,18-19H,5,17H2,1-2H3;2*1H. The van der Waals surface area contributed by atoms with E-state index in [-0.39, 0.29) is 47.6 Å². The van der Waals surface area contributed by atoms with Crippen LogP contribution in [0.3, 0.4) is 0 Å². The van der Waals surface area contributed by atoms with E-state index >= 15 is 0 Å². The second kappa shape index (κ2) is 9.05. The average Bonchev–Trinajstić information content (AvgIpc) is 2.27. The highest BCUT2D eigenvalue weighted by Crippen LogP contribution is 2.39. The summed E-state index contributed by atoms with van der Waals surface area (Å²) in [6.07, 6.45) is -4.53. The predicted molar refractivity (Wildman–Crippen MR) is 86.2 cm³/mol. The number of benzene rings is 1. The summed E-state index contributed by atoms with van der Waals surface area (Å²) in [6, 6.07) is 1.91. The molecule has 0 amide bonds. The van der Waals surface area contributed by atoms with E-state index in [0.717, 1.165) is 6.07 Å². The number of hydrogen-bond donors (Lipinski definition) is 3. The molecule has 0 saturated heterocycles. The van der Waals surface area contributed by atoms with E-state index in [1.165, 1.54) is 6.07 Å². The molecular weight excluding hydrogens is 396 g/mol. The van der Waals surface area contributed by atoms with Gasteiger partial charge in [-0.15, -0.1) is 24.8 Å². The zero-order valence-electron chi connectivity index (χ0n) is 11.4. The summed E-state index contributed by atoms with van der Waals surface area (Å²) < 4.78 is 38.7. The minimum atomic E-state index is -4.53. The van der Waals surface area contributed by atoms with Crippen molar-refractivity contribution in [2.24, 2.45) is 0 Å². The van der Waals surface area contributed by atoms with Crippen LogP contribution in [0.5, 0.6) is 0 Å². The Morgan fingerprint density at radius 3 is 2.19 bits per heavy atom. The smallest absolute Gasteiger partial charge is 0.397 e. The van der Waals surface area contributed by atoms with Crippen LogP contribution < -0.4 is 11.1 Å². The van der Waals surface area contributed by atoms with E-state index < -0.39 is 17.8 Å². The molecule has 3 nitrogen and oxygen atoms in total. The largest absolute Gasteiger partial charge is 0.418 e. The summed E-state index contributed by atoms with van der Waals surface area (Å²) in [4.78, 5) is 0. The molecule has 0 radical (unpaired) electrons. The maximum Gasteiger partial charge on any atom is 0.418 e. The van der Waals surface area contributed by atoms with Gasteiger partial charge in [-0.2, -0.15) is 13.2 Å². The van der Waals surface area contributed by atoms with Gasteiger partial charge in [-0.25, -0.2) is 0 Å². The van der Waals surface area contributed by atoms with Gasteiger partial charge in [0, 0.05) is 10.5 Å². The monoisotopic (exact) mass is 412 g/mol. The number of aliphatic hydroxyl groups excluding tert-OH is 1. The third kappa shape index (κ3) is 6.20. The molecule has 0 aromatic heterocycles. The van der Waals surface area contributed by atoms with Crippen molar-refractivity contribution in [3.63, 3.8) is 0 Å². The van der Waals surface area contributed by atoms with E-state index in [4.69, 9.17) is 5.73 Å². The molecule has 124 valence electrons. The molecule has 4 N–H and O–H groups in total. The lowest BCUT2D eigenvalue weighted by molar-refractivity contribution is -0.137. The van der Waals surface area contributed by atoms with Crippen molar-refractivity contribution in [1.82, 2.24) is 5.32 Å². The van der Waals surface area contributed by atoms with Crippen molar-refractivity contribution in [2.45, 2.75) is 32.1 Å². The van der Waals surface area contributed by atoms with Gasteiger partial charge in [-0.3, -0.25) is 0 Å². The van der Waals surface area contributed by atoms with Crippen LogP contribution in [0.15, 0.2) is 16.6 Å². The van der Waals surface area contributed by atoms with Crippen LogP contribution in [0.2, 0.25) is 0 Å². The third-order valence-corrected chi connectivity index (χ3v) is 3.23. The number of halogens is 6. The quantitative estimate of drug-likeness (QED) is 0.655. The van der Waals surface area contributed by atoms with Crippen molar-refractivity contribution in [3.8, 4) is 0 Å². The Morgan fingerprint density at radius 2 is 1.81 bits per heavy atom. The van der Waals surface area contributed by atoms with Crippen LogP contribution in [0.1, 0.15) is 31.0 Å². The molecule has 1 aromatic carbocycles. The van der Waals surface area contributed by atoms with Crippen LogP contribution >= 0.6 is 40.7 Å². The highest BCUT2D eigenvalue weighted by Gasteiger charge is 2.34. The molecule has 0 bridgehead atoms. The number of nitrogens with one attached hydrogen (secondary N) is 1. The molecule has 1 rings (SSSR count). The molecule has 21 heavy (non-hydrogen) atoms. The molecular formula is C12H18BrCl2F3N2O. The topological polar surface area (TPSA) is 58.3 Å². The summed E-state index contributed by atoms with van der Waals surface area (Å²) in [7, 11) is 0. The predicted octanol–water partition coefficient (Wildman–Crippen LogP) is 3.93. The third-order valence-electron chi connectivity index (χ3n) is 2.58. The van der Waals surface area contributed by atoms with Crippen LogP contribution in [0.25, 0.3) is 0 Å². The van der Waals surface area contributed by atoms with Gasteiger partial charge in [-0.05, 0) is 33.6 Å². The van der Waals surface area contributed by atoms with Crippen molar-refractivity contribution < 1.29 is 18.3 Å². The van der Waals surface area contributed by atoms with Crippen molar-refractivity contribution in [3.05, 3.63) is 27.7 Å². The Balaban J connectivity index is 0. The summed E-state index contributed by atoms with van der Waals surface area (Å²) in [5.41, 5.74) is 4.52. The maximum atomic E-state index is 12.9. The van der Waals surface area contributed by atoms with Crippen molar-refractivity contribution in [2.75, 3.05) is 12.3 Å². The fourth-order valence-corrected chi connectivity index (χ4v) is 2.21. The van der Waals surface area contributed by atoms with E-state index in [2.05, 4.69) is 21.2 Å². The number of alkyl halides is 3. The normalized spacial score (nSPS) is 12.6. The summed E-state index contributed by atoms with van der Waals surface area (Å²) in [5, 5.41) is 12.3. The Kier molecular flexibility index (Phi) is 9.94. The van der Waals surface area contributed by atoms with Gasteiger partial charge in [-0.1, -0.05) is 13.8 Å². The first-order chi connectivity index (χ1) is 8.66. The van der Waals surface area contributed by atoms with Gasteiger partial charge in [0.05, 0.1) is 23.9 Å². The second-order valence-corrected chi connectivity index (χ2v) is 5.37. The molecule has 0 saturated carbocycles. The Bertz CT molecular complexity index is 459. The minimum Gasteiger partial charge on any atom is -0.397 e. The van der Waals surface area contributed by atoms with Gasteiger partial charge >= 0.3 is 6.18 Å². The van der Waals surface area contributed by atoms with E-state index in [9.17, 15) is 18.3 Å².